The van der Waals surface area contributed by atoms with Gasteiger partial charge < -0.3 is 14.2 Å². The Bertz CT molecular complexity index is 562. The van der Waals surface area contributed by atoms with Crippen LogP contribution in [0.2, 0.25) is 0 Å². The van der Waals surface area contributed by atoms with E-state index in [-0.39, 0.29) is 28.7 Å². The predicted octanol–water partition coefficient (Wildman–Crippen LogP) is 2.08. The SMILES string of the molecule is CCOC(=O)c1ccc(CC[C@H]2CNC(OC)C(C(=O)OC)S2)s1. The lowest BCUT2D eigenvalue weighted by Gasteiger charge is -2.34. The summed E-state index contributed by atoms with van der Waals surface area (Å²) in [7, 11) is 2.97. The van der Waals surface area contributed by atoms with Crippen molar-refractivity contribution in [2.75, 3.05) is 27.4 Å². The minimum atomic E-state index is -0.364. The number of hydrogen-bond acceptors (Lipinski definition) is 8. The standard InChI is InChI=1S/C16H23NO5S2/c1-4-22-15(18)12-8-7-10(23-12)5-6-11-9-17-14(20-2)13(24-11)16(19)21-3/h7-8,11,13-14,17H,4-6,9H2,1-3H3/t11-,13?,14?/m0/s1. The van der Waals surface area contributed by atoms with Crippen LogP contribution in [-0.4, -0.2) is 56.0 Å². The number of ether oxygens (including phenoxy) is 3. The van der Waals surface area contributed by atoms with E-state index >= 15 is 0 Å². The van der Waals surface area contributed by atoms with Gasteiger partial charge in [-0.05, 0) is 31.9 Å². The molecular formula is C16H23NO5S2. The van der Waals surface area contributed by atoms with Crippen molar-refractivity contribution in [1.82, 2.24) is 5.32 Å². The zero-order chi connectivity index (χ0) is 17.5. The first-order chi connectivity index (χ1) is 11.6. The highest BCUT2D eigenvalue weighted by Gasteiger charge is 2.36. The van der Waals surface area contributed by atoms with Gasteiger partial charge in [0.25, 0.3) is 0 Å². The molecule has 1 aliphatic rings. The Hall–Kier alpha value is -1.09. The van der Waals surface area contributed by atoms with E-state index in [1.54, 1.807) is 25.8 Å². The number of methoxy groups -OCH3 is 2. The third kappa shape index (κ3) is 4.95. The number of nitrogens with one attached hydrogen (secondary N) is 1. The summed E-state index contributed by atoms with van der Waals surface area (Å²) in [5.41, 5.74) is 0. The van der Waals surface area contributed by atoms with Gasteiger partial charge in [-0.25, -0.2) is 4.79 Å². The molecule has 1 aromatic heterocycles. The van der Waals surface area contributed by atoms with Gasteiger partial charge in [-0.15, -0.1) is 23.1 Å². The molecule has 1 saturated heterocycles. The van der Waals surface area contributed by atoms with Crippen molar-refractivity contribution in [2.45, 2.75) is 36.5 Å². The van der Waals surface area contributed by atoms with Crippen molar-refractivity contribution < 1.29 is 23.8 Å². The summed E-state index contributed by atoms with van der Waals surface area (Å²) in [4.78, 5) is 25.3. The Labute approximate surface area is 150 Å². The highest BCUT2D eigenvalue weighted by molar-refractivity contribution is 8.01. The van der Waals surface area contributed by atoms with E-state index in [9.17, 15) is 9.59 Å². The fourth-order valence-electron chi connectivity index (χ4n) is 2.48. The molecule has 2 rings (SSSR count). The van der Waals surface area contributed by atoms with Gasteiger partial charge in [-0.3, -0.25) is 10.1 Å². The van der Waals surface area contributed by atoms with Crippen LogP contribution in [0.4, 0.5) is 0 Å². The number of rotatable bonds is 7. The van der Waals surface area contributed by atoms with Gasteiger partial charge >= 0.3 is 11.9 Å². The molecule has 1 aromatic rings. The van der Waals surface area contributed by atoms with Crippen LogP contribution in [-0.2, 0) is 25.4 Å². The van der Waals surface area contributed by atoms with Crippen molar-refractivity contribution in [1.29, 1.82) is 0 Å². The number of carbonyl (C=O) groups is 2. The molecule has 0 spiro atoms. The van der Waals surface area contributed by atoms with Gasteiger partial charge in [0.05, 0.1) is 13.7 Å². The Kier molecular flexibility index (Phi) is 7.54. The molecule has 0 aliphatic carbocycles. The zero-order valence-corrected chi connectivity index (χ0v) is 15.7. The minimum Gasteiger partial charge on any atom is -0.468 e. The zero-order valence-electron chi connectivity index (χ0n) is 14.1. The lowest BCUT2D eigenvalue weighted by Crippen LogP contribution is -2.51. The predicted molar refractivity (Wildman–Crippen MR) is 94.6 cm³/mol. The summed E-state index contributed by atoms with van der Waals surface area (Å²) >= 11 is 3.05. The second kappa shape index (κ2) is 9.41. The van der Waals surface area contributed by atoms with E-state index in [1.807, 2.05) is 12.1 Å². The molecule has 2 unspecified atom stereocenters. The second-order valence-corrected chi connectivity index (χ2v) is 7.91. The van der Waals surface area contributed by atoms with E-state index in [0.29, 0.717) is 11.5 Å². The van der Waals surface area contributed by atoms with Crippen LogP contribution in [0, 0.1) is 0 Å². The third-order valence-corrected chi connectivity index (χ3v) is 6.34. The fourth-order valence-corrected chi connectivity index (χ4v) is 4.82. The minimum absolute atomic E-state index is 0.267. The molecule has 2 heterocycles. The maximum atomic E-state index is 11.9. The lowest BCUT2D eigenvalue weighted by molar-refractivity contribution is -0.143. The fraction of sp³-hybridized carbons (Fsp3) is 0.625. The van der Waals surface area contributed by atoms with E-state index in [2.05, 4.69) is 5.32 Å². The van der Waals surface area contributed by atoms with Crippen molar-refractivity contribution in [2.24, 2.45) is 0 Å². The number of thiophene rings is 1. The summed E-state index contributed by atoms with van der Waals surface area (Å²) in [6.07, 6.45) is 1.44. The molecule has 0 aromatic carbocycles. The Morgan fingerprint density at radius 1 is 1.33 bits per heavy atom. The van der Waals surface area contributed by atoms with Crippen molar-refractivity contribution in [3.05, 3.63) is 21.9 Å². The summed E-state index contributed by atoms with van der Waals surface area (Å²) in [6.45, 7) is 2.95. The number of aryl methyl sites for hydroxylation is 1. The first-order valence-electron chi connectivity index (χ1n) is 7.84. The van der Waals surface area contributed by atoms with Crippen LogP contribution in [0.3, 0.4) is 0 Å². The Balaban J connectivity index is 1.88. The molecular weight excluding hydrogens is 350 g/mol. The van der Waals surface area contributed by atoms with Crippen LogP contribution in [0.5, 0.6) is 0 Å². The Morgan fingerprint density at radius 2 is 2.12 bits per heavy atom. The van der Waals surface area contributed by atoms with Gasteiger partial charge in [0.15, 0.2) is 0 Å². The van der Waals surface area contributed by atoms with Crippen molar-refractivity contribution >= 4 is 35.0 Å². The quantitative estimate of drug-likeness (QED) is 0.734. The number of esters is 2. The third-order valence-electron chi connectivity index (χ3n) is 3.70. The molecule has 1 fully saturated rings. The number of carbonyl (C=O) groups excluding carboxylic acids is 2. The second-order valence-electron chi connectivity index (χ2n) is 5.29. The lowest BCUT2D eigenvalue weighted by atomic mass is 10.2. The molecule has 1 N–H and O–H groups in total. The molecule has 6 nitrogen and oxygen atoms in total. The van der Waals surface area contributed by atoms with Crippen molar-refractivity contribution in [3.8, 4) is 0 Å². The van der Waals surface area contributed by atoms with Crippen molar-refractivity contribution in [3.63, 3.8) is 0 Å². The number of hydrogen-bond donors (Lipinski definition) is 1. The molecule has 3 atom stereocenters. The van der Waals surface area contributed by atoms with E-state index in [1.165, 1.54) is 18.4 Å². The van der Waals surface area contributed by atoms with Crippen LogP contribution in [0.25, 0.3) is 0 Å². The average Bonchev–Trinajstić information content (AvgIpc) is 3.08. The van der Waals surface area contributed by atoms with Crippen LogP contribution < -0.4 is 5.32 Å². The first-order valence-corrected chi connectivity index (χ1v) is 9.60. The smallest absolute Gasteiger partial charge is 0.348 e. The first kappa shape index (κ1) is 19.2. The van der Waals surface area contributed by atoms with Crippen LogP contribution in [0.1, 0.15) is 27.9 Å². The molecule has 0 saturated carbocycles. The van der Waals surface area contributed by atoms with Gasteiger partial charge in [0, 0.05) is 23.8 Å². The highest BCUT2D eigenvalue weighted by atomic mass is 32.2. The molecule has 134 valence electrons. The average molecular weight is 373 g/mol. The normalized spacial score (nSPS) is 23.7. The summed E-state index contributed by atoms with van der Waals surface area (Å²) < 4.78 is 15.2. The molecule has 0 amide bonds. The largest absolute Gasteiger partial charge is 0.468 e. The Morgan fingerprint density at radius 3 is 2.79 bits per heavy atom. The van der Waals surface area contributed by atoms with E-state index < -0.39 is 0 Å². The summed E-state index contributed by atoms with van der Waals surface area (Å²) in [6, 6.07) is 3.77. The maximum absolute atomic E-state index is 11.9. The highest BCUT2D eigenvalue weighted by Crippen LogP contribution is 2.30. The number of thioether (sulfide) groups is 1. The van der Waals surface area contributed by atoms with Gasteiger partial charge in [-0.2, -0.15) is 0 Å². The van der Waals surface area contributed by atoms with E-state index in [4.69, 9.17) is 14.2 Å². The maximum Gasteiger partial charge on any atom is 0.348 e. The summed E-state index contributed by atoms with van der Waals surface area (Å²) in [5, 5.41) is 3.17. The molecule has 8 heteroatoms. The topological polar surface area (TPSA) is 73.9 Å². The van der Waals surface area contributed by atoms with Crippen LogP contribution >= 0.6 is 23.1 Å². The van der Waals surface area contributed by atoms with Gasteiger partial charge in [0.2, 0.25) is 0 Å². The van der Waals surface area contributed by atoms with Crippen LogP contribution in [0.15, 0.2) is 12.1 Å². The molecule has 0 bridgehead atoms. The van der Waals surface area contributed by atoms with Gasteiger partial charge in [0.1, 0.15) is 16.4 Å². The summed E-state index contributed by atoms with van der Waals surface area (Å²) in [5.74, 6) is -0.541. The van der Waals surface area contributed by atoms with E-state index in [0.717, 1.165) is 24.3 Å². The molecule has 0 radical (unpaired) electrons. The molecule has 24 heavy (non-hydrogen) atoms. The monoisotopic (exact) mass is 373 g/mol. The molecule has 1 aliphatic heterocycles. The van der Waals surface area contributed by atoms with Gasteiger partial charge in [-0.1, -0.05) is 0 Å².